The number of carboxylic acid groups (broad SMARTS) is 1. The summed E-state index contributed by atoms with van der Waals surface area (Å²) in [6.07, 6.45) is 1.60. The third-order valence-corrected chi connectivity index (χ3v) is 5.90. The van der Waals surface area contributed by atoms with E-state index in [2.05, 4.69) is 0 Å². The lowest BCUT2D eigenvalue weighted by Gasteiger charge is -2.34. The fourth-order valence-corrected chi connectivity index (χ4v) is 4.68. The van der Waals surface area contributed by atoms with Crippen LogP contribution in [0.4, 0.5) is 4.39 Å². The predicted octanol–water partition coefficient (Wildman–Crippen LogP) is 2.50. The van der Waals surface area contributed by atoms with E-state index in [1.807, 2.05) is 0 Å². The van der Waals surface area contributed by atoms with E-state index < -0.39 is 27.9 Å². The molecule has 1 aliphatic heterocycles. The fourth-order valence-electron chi connectivity index (χ4n) is 2.50. The molecule has 0 aromatic heterocycles. The Bertz CT molecular complexity index is 650. The molecule has 0 spiro atoms. The molecule has 1 aliphatic rings. The Morgan fingerprint density at radius 3 is 2.81 bits per heavy atom. The highest BCUT2D eigenvalue weighted by atomic mass is 35.5. The zero-order chi connectivity index (χ0) is 15.6. The number of aliphatic carboxylic acids is 1. The molecule has 0 radical (unpaired) electrons. The van der Waals surface area contributed by atoms with E-state index in [0.717, 1.165) is 22.9 Å². The van der Waals surface area contributed by atoms with Crippen LogP contribution in [0.1, 0.15) is 25.7 Å². The standard InChI is InChI=1S/C13H15ClFNO4S/c14-11-5-4-9(15)7-12(11)21(19,20)16-6-2-1-3-10(16)8-13(17)18/h4-5,7,10H,1-3,6,8H2,(H,17,18). The molecule has 116 valence electrons. The Labute approximate surface area is 127 Å². The molecule has 21 heavy (non-hydrogen) atoms. The lowest BCUT2D eigenvalue weighted by atomic mass is 10.0. The monoisotopic (exact) mass is 335 g/mol. The summed E-state index contributed by atoms with van der Waals surface area (Å²) in [6.45, 7) is 0.215. The van der Waals surface area contributed by atoms with Gasteiger partial charge in [-0.1, -0.05) is 18.0 Å². The minimum atomic E-state index is -4.01. The normalized spacial score (nSPS) is 20.4. The first-order valence-corrected chi connectivity index (χ1v) is 8.33. The average molecular weight is 336 g/mol. The fraction of sp³-hybridized carbons (Fsp3) is 0.462. The van der Waals surface area contributed by atoms with Crippen LogP contribution >= 0.6 is 11.6 Å². The Hall–Kier alpha value is -1.18. The molecule has 1 N–H and O–H groups in total. The van der Waals surface area contributed by atoms with Crippen molar-refractivity contribution in [2.45, 2.75) is 36.6 Å². The summed E-state index contributed by atoms with van der Waals surface area (Å²) in [4.78, 5) is 10.6. The first-order valence-electron chi connectivity index (χ1n) is 6.51. The van der Waals surface area contributed by atoms with Crippen molar-refractivity contribution in [1.29, 1.82) is 0 Å². The number of carboxylic acids is 1. The second-order valence-corrected chi connectivity index (χ2v) is 7.20. The maximum atomic E-state index is 13.3. The van der Waals surface area contributed by atoms with Gasteiger partial charge in [0.25, 0.3) is 0 Å². The smallest absolute Gasteiger partial charge is 0.304 e. The van der Waals surface area contributed by atoms with Crippen LogP contribution in [0.15, 0.2) is 23.1 Å². The van der Waals surface area contributed by atoms with Gasteiger partial charge in [0.05, 0.1) is 11.4 Å². The molecule has 0 saturated carbocycles. The molecule has 8 heteroatoms. The maximum absolute atomic E-state index is 13.3. The summed E-state index contributed by atoms with van der Waals surface area (Å²) in [7, 11) is -4.01. The highest BCUT2D eigenvalue weighted by molar-refractivity contribution is 7.89. The van der Waals surface area contributed by atoms with Gasteiger partial charge in [-0.15, -0.1) is 0 Å². The SMILES string of the molecule is O=C(O)CC1CCCCN1S(=O)(=O)c1cc(F)ccc1Cl. The number of halogens is 2. The van der Waals surface area contributed by atoms with Crippen molar-refractivity contribution in [1.82, 2.24) is 4.31 Å². The third-order valence-electron chi connectivity index (χ3n) is 3.46. The highest BCUT2D eigenvalue weighted by Gasteiger charge is 2.35. The number of rotatable bonds is 4. The molecule has 1 atom stereocenters. The van der Waals surface area contributed by atoms with Gasteiger partial charge in [-0.2, -0.15) is 4.31 Å². The van der Waals surface area contributed by atoms with Crippen LogP contribution in [-0.4, -0.2) is 36.4 Å². The first kappa shape index (κ1) is 16.2. The van der Waals surface area contributed by atoms with E-state index in [-0.39, 0.29) is 22.9 Å². The largest absolute Gasteiger partial charge is 0.481 e. The quantitative estimate of drug-likeness (QED) is 0.917. The first-order chi connectivity index (χ1) is 9.82. The van der Waals surface area contributed by atoms with E-state index in [4.69, 9.17) is 16.7 Å². The zero-order valence-corrected chi connectivity index (χ0v) is 12.7. The van der Waals surface area contributed by atoms with Gasteiger partial charge in [0, 0.05) is 12.6 Å². The van der Waals surface area contributed by atoms with E-state index in [1.165, 1.54) is 6.07 Å². The highest BCUT2D eigenvalue weighted by Crippen LogP contribution is 2.31. The molecular formula is C13H15ClFNO4S. The number of hydrogen-bond acceptors (Lipinski definition) is 3. The third kappa shape index (κ3) is 3.53. The van der Waals surface area contributed by atoms with Crippen LogP contribution in [0.2, 0.25) is 5.02 Å². The van der Waals surface area contributed by atoms with Crippen molar-refractivity contribution in [3.63, 3.8) is 0 Å². The van der Waals surface area contributed by atoms with Crippen LogP contribution < -0.4 is 0 Å². The molecule has 2 rings (SSSR count). The predicted molar refractivity (Wildman–Crippen MR) is 75.2 cm³/mol. The summed E-state index contributed by atoms with van der Waals surface area (Å²) < 4.78 is 39.7. The van der Waals surface area contributed by atoms with E-state index >= 15 is 0 Å². The molecule has 0 bridgehead atoms. The van der Waals surface area contributed by atoms with Crippen LogP contribution in [0.3, 0.4) is 0 Å². The van der Waals surface area contributed by atoms with Crippen LogP contribution in [0.5, 0.6) is 0 Å². The van der Waals surface area contributed by atoms with Crippen LogP contribution in [-0.2, 0) is 14.8 Å². The van der Waals surface area contributed by atoms with Gasteiger partial charge in [0.15, 0.2) is 0 Å². The summed E-state index contributed by atoms with van der Waals surface area (Å²) in [5, 5.41) is 8.84. The summed E-state index contributed by atoms with van der Waals surface area (Å²) in [5.41, 5.74) is 0. The lowest BCUT2D eigenvalue weighted by Crippen LogP contribution is -2.44. The Balaban J connectivity index is 2.40. The summed E-state index contributed by atoms with van der Waals surface area (Å²) in [5.74, 6) is -1.77. The van der Waals surface area contributed by atoms with E-state index in [9.17, 15) is 17.6 Å². The van der Waals surface area contributed by atoms with Gasteiger partial charge >= 0.3 is 5.97 Å². The Morgan fingerprint density at radius 2 is 2.14 bits per heavy atom. The molecular weight excluding hydrogens is 321 g/mol. The number of hydrogen-bond donors (Lipinski definition) is 1. The topological polar surface area (TPSA) is 74.7 Å². The lowest BCUT2D eigenvalue weighted by molar-refractivity contribution is -0.138. The Kier molecular flexibility index (Phi) is 4.85. The maximum Gasteiger partial charge on any atom is 0.304 e. The van der Waals surface area contributed by atoms with Crippen molar-refractivity contribution < 1.29 is 22.7 Å². The molecule has 5 nitrogen and oxygen atoms in total. The van der Waals surface area contributed by atoms with Gasteiger partial charge in [0.1, 0.15) is 10.7 Å². The van der Waals surface area contributed by atoms with Gasteiger partial charge in [0.2, 0.25) is 10.0 Å². The molecule has 0 amide bonds. The summed E-state index contributed by atoms with van der Waals surface area (Å²) in [6, 6.07) is 2.50. The van der Waals surface area contributed by atoms with Crippen LogP contribution in [0, 0.1) is 5.82 Å². The number of piperidine rings is 1. The molecule has 1 fully saturated rings. The van der Waals surface area contributed by atoms with E-state index in [1.54, 1.807) is 0 Å². The van der Waals surface area contributed by atoms with Gasteiger partial charge in [-0.25, -0.2) is 12.8 Å². The van der Waals surface area contributed by atoms with Crippen molar-refractivity contribution in [2.75, 3.05) is 6.54 Å². The van der Waals surface area contributed by atoms with Crippen molar-refractivity contribution in [3.05, 3.63) is 29.0 Å². The number of carbonyl (C=O) groups is 1. The van der Waals surface area contributed by atoms with E-state index in [0.29, 0.717) is 12.8 Å². The number of nitrogens with zero attached hydrogens (tertiary/aromatic N) is 1. The Morgan fingerprint density at radius 1 is 1.43 bits per heavy atom. The van der Waals surface area contributed by atoms with Crippen molar-refractivity contribution in [3.8, 4) is 0 Å². The molecule has 1 heterocycles. The average Bonchev–Trinajstić information content (AvgIpc) is 2.41. The second kappa shape index (κ2) is 6.29. The zero-order valence-electron chi connectivity index (χ0n) is 11.1. The molecule has 1 aromatic rings. The molecule has 1 saturated heterocycles. The summed E-state index contributed by atoms with van der Waals surface area (Å²) >= 11 is 5.86. The van der Waals surface area contributed by atoms with Gasteiger partial charge in [-0.05, 0) is 31.0 Å². The van der Waals surface area contributed by atoms with Crippen LogP contribution in [0.25, 0.3) is 0 Å². The minimum Gasteiger partial charge on any atom is -0.481 e. The van der Waals surface area contributed by atoms with Gasteiger partial charge in [-0.3, -0.25) is 4.79 Å². The van der Waals surface area contributed by atoms with Crippen molar-refractivity contribution in [2.24, 2.45) is 0 Å². The van der Waals surface area contributed by atoms with Gasteiger partial charge < -0.3 is 5.11 Å². The molecule has 1 unspecified atom stereocenters. The molecule has 0 aliphatic carbocycles. The molecule has 1 aromatic carbocycles. The minimum absolute atomic E-state index is 0.0731. The number of benzene rings is 1. The number of sulfonamides is 1. The van der Waals surface area contributed by atoms with Crippen molar-refractivity contribution >= 4 is 27.6 Å². The second-order valence-electron chi connectivity index (χ2n) is 4.94.